The molecule has 2 rings (SSSR count). The van der Waals surface area contributed by atoms with E-state index in [1.165, 1.54) is 70.6 Å². The molecule has 26 heavy (non-hydrogen) atoms. The Morgan fingerprint density at radius 2 is 1.31 bits per heavy atom. The van der Waals surface area contributed by atoms with Crippen molar-refractivity contribution in [3.63, 3.8) is 0 Å². The molecule has 0 saturated carbocycles. The zero-order valence-electron chi connectivity index (χ0n) is 16.3. The van der Waals surface area contributed by atoms with Crippen molar-refractivity contribution in [3.05, 3.63) is 35.9 Å². The summed E-state index contributed by atoms with van der Waals surface area (Å²) in [5.74, 6) is -0.202. The number of esters is 1. The number of hydrogen-bond acceptors (Lipinski definition) is 3. The molecule has 1 unspecified atom stereocenters. The summed E-state index contributed by atoms with van der Waals surface area (Å²) in [4.78, 5) is 11.8. The van der Waals surface area contributed by atoms with Gasteiger partial charge < -0.3 is 9.47 Å². The maximum atomic E-state index is 11.8. The van der Waals surface area contributed by atoms with Gasteiger partial charge in [0.25, 0.3) is 0 Å². The highest BCUT2D eigenvalue weighted by Crippen LogP contribution is 2.18. The van der Waals surface area contributed by atoms with Gasteiger partial charge in [-0.1, -0.05) is 88.8 Å². The van der Waals surface area contributed by atoms with Crippen LogP contribution in [0.2, 0.25) is 0 Å². The summed E-state index contributed by atoms with van der Waals surface area (Å²) in [7, 11) is 0. The van der Waals surface area contributed by atoms with Crippen LogP contribution in [0.15, 0.2) is 30.3 Å². The first-order valence-electron chi connectivity index (χ1n) is 10.7. The molecular formula is C23H36O3. The first kappa shape index (κ1) is 21.0. The Morgan fingerprint density at radius 3 is 1.85 bits per heavy atom. The third-order valence-electron chi connectivity index (χ3n) is 5.07. The summed E-state index contributed by atoms with van der Waals surface area (Å²) >= 11 is 0. The van der Waals surface area contributed by atoms with Crippen molar-refractivity contribution in [2.75, 3.05) is 13.2 Å². The molecule has 0 amide bonds. The molecule has 1 heterocycles. The third-order valence-corrected chi connectivity index (χ3v) is 5.07. The molecule has 0 aromatic heterocycles. The molecule has 1 aliphatic rings. The summed E-state index contributed by atoms with van der Waals surface area (Å²) in [5.41, 5.74) is 0.643. The first-order valence-corrected chi connectivity index (χ1v) is 10.7. The fraction of sp³-hybridized carbons (Fsp3) is 0.696. The smallest absolute Gasteiger partial charge is 0.338 e. The van der Waals surface area contributed by atoms with Gasteiger partial charge in [0.05, 0.1) is 24.9 Å². The quantitative estimate of drug-likeness (QED) is 0.197. The monoisotopic (exact) mass is 360 g/mol. The van der Waals surface area contributed by atoms with Gasteiger partial charge in [0.15, 0.2) is 0 Å². The molecule has 146 valence electrons. The van der Waals surface area contributed by atoms with E-state index < -0.39 is 0 Å². The highest BCUT2D eigenvalue weighted by atomic mass is 16.6. The second-order valence-electron chi connectivity index (χ2n) is 7.49. The SMILES string of the molecule is O=C(OCCCCCCCCCCCCCCC1CO1)c1ccccc1. The van der Waals surface area contributed by atoms with Gasteiger partial charge in [-0.15, -0.1) is 0 Å². The summed E-state index contributed by atoms with van der Waals surface area (Å²) in [6.07, 6.45) is 17.7. The molecule has 1 atom stereocenters. The van der Waals surface area contributed by atoms with Crippen molar-refractivity contribution in [1.82, 2.24) is 0 Å². The zero-order valence-corrected chi connectivity index (χ0v) is 16.3. The van der Waals surface area contributed by atoms with Crippen LogP contribution in [0.1, 0.15) is 93.8 Å². The lowest BCUT2D eigenvalue weighted by Crippen LogP contribution is -2.06. The molecule has 1 saturated heterocycles. The second-order valence-corrected chi connectivity index (χ2v) is 7.49. The fourth-order valence-electron chi connectivity index (χ4n) is 3.30. The van der Waals surface area contributed by atoms with Crippen LogP contribution in [0.5, 0.6) is 0 Å². The van der Waals surface area contributed by atoms with E-state index in [2.05, 4.69) is 0 Å². The van der Waals surface area contributed by atoms with Crippen LogP contribution >= 0.6 is 0 Å². The maximum absolute atomic E-state index is 11.8. The number of benzene rings is 1. The van der Waals surface area contributed by atoms with Crippen LogP contribution in [0.4, 0.5) is 0 Å². The molecular weight excluding hydrogens is 324 g/mol. The number of carbonyl (C=O) groups excluding carboxylic acids is 1. The van der Waals surface area contributed by atoms with Crippen molar-refractivity contribution in [2.45, 2.75) is 89.6 Å². The number of hydrogen-bond donors (Lipinski definition) is 0. The van der Waals surface area contributed by atoms with Crippen molar-refractivity contribution >= 4 is 5.97 Å². The molecule has 0 radical (unpaired) electrons. The van der Waals surface area contributed by atoms with Crippen molar-refractivity contribution in [1.29, 1.82) is 0 Å². The van der Waals surface area contributed by atoms with Gasteiger partial charge in [-0.25, -0.2) is 4.79 Å². The predicted octanol–water partition coefficient (Wildman–Crippen LogP) is 6.31. The van der Waals surface area contributed by atoms with Crippen LogP contribution in [0.3, 0.4) is 0 Å². The van der Waals surface area contributed by atoms with E-state index in [0.29, 0.717) is 18.3 Å². The topological polar surface area (TPSA) is 38.8 Å². The van der Waals surface area contributed by atoms with Gasteiger partial charge in [0.2, 0.25) is 0 Å². The van der Waals surface area contributed by atoms with Gasteiger partial charge in [-0.2, -0.15) is 0 Å². The molecule has 1 aromatic rings. The first-order chi connectivity index (χ1) is 12.9. The van der Waals surface area contributed by atoms with Gasteiger partial charge in [0.1, 0.15) is 0 Å². The average molecular weight is 361 g/mol. The van der Waals surface area contributed by atoms with Crippen LogP contribution in [-0.4, -0.2) is 25.3 Å². The van der Waals surface area contributed by atoms with Crippen LogP contribution in [-0.2, 0) is 9.47 Å². The molecule has 0 bridgehead atoms. The van der Waals surface area contributed by atoms with E-state index in [9.17, 15) is 4.79 Å². The van der Waals surface area contributed by atoms with Gasteiger partial charge >= 0.3 is 5.97 Å². The minimum atomic E-state index is -0.202. The van der Waals surface area contributed by atoms with E-state index in [1.807, 2.05) is 18.2 Å². The van der Waals surface area contributed by atoms with Crippen molar-refractivity contribution in [2.24, 2.45) is 0 Å². The van der Waals surface area contributed by atoms with E-state index in [-0.39, 0.29) is 5.97 Å². The lowest BCUT2D eigenvalue weighted by atomic mass is 10.0. The maximum Gasteiger partial charge on any atom is 0.338 e. The Balaban J connectivity index is 1.26. The highest BCUT2D eigenvalue weighted by molar-refractivity contribution is 5.89. The summed E-state index contributed by atoms with van der Waals surface area (Å²) in [6.45, 7) is 1.55. The molecule has 3 nitrogen and oxygen atoms in total. The normalized spacial score (nSPS) is 15.8. The Kier molecular flexibility index (Phi) is 11.1. The number of unbranched alkanes of at least 4 members (excludes halogenated alkanes) is 11. The zero-order chi connectivity index (χ0) is 18.3. The number of epoxide rings is 1. The van der Waals surface area contributed by atoms with E-state index in [1.54, 1.807) is 12.1 Å². The molecule has 3 heteroatoms. The fourth-order valence-corrected chi connectivity index (χ4v) is 3.30. The highest BCUT2D eigenvalue weighted by Gasteiger charge is 2.20. The third kappa shape index (κ3) is 10.6. The summed E-state index contributed by atoms with van der Waals surface area (Å²) in [5, 5.41) is 0. The Morgan fingerprint density at radius 1 is 0.808 bits per heavy atom. The van der Waals surface area contributed by atoms with Crippen LogP contribution in [0, 0.1) is 0 Å². The van der Waals surface area contributed by atoms with Crippen LogP contribution < -0.4 is 0 Å². The van der Waals surface area contributed by atoms with Crippen molar-refractivity contribution in [3.8, 4) is 0 Å². The Bertz CT molecular complexity index is 468. The number of carbonyl (C=O) groups is 1. The average Bonchev–Trinajstić information content (AvgIpc) is 3.49. The standard InChI is InChI=1S/C23H36O3/c24-23(21-16-12-11-13-17-21)25-19-15-10-8-6-4-2-1-3-5-7-9-14-18-22-20-26-22/h11-13,16-17,22H,1-10,14-15,18-20H2. The molecule has 0 aliphatic carbocycles. The Labute approximate surface area is 159 Å². The van der Waals surface area contributed by atoms with Crippen LogP contribution in [0.25, 0.3) is 0 Å². The van der Waals surface area contributed by atoms with Gasteiger partial charge in [-0.05, 0) is 25.0 Å². The summed E-state index contributed by atoms with van der Waals surface area (Å²) in [6, 6.07) is 9.22. The van der Waals surface area contributed by atoms with Gasteiger partial charge in [-0.3, -0.25) is 0 Å². The molecule has 0 N–H and O–H groups in total. The lowest BCUT2D eigenvalue weighted by Gasteiger charge is -2.05. The van der Waals surface area contributed by atoms with Crippen molar-refractivity contribution < 1.29 is 14.3 Å². The van der Waals surface area contributed by atoms with Gasteiger partial charge in [0, 0.05) is 0 Å². The lowest BCUT2D eigenvalue weighted by molar-refractivity contribution is 0.0497. The summed E-state index contributed by atoms with van der Waals surface area (Å²) < 4.78 is 10.5. The molecule has 1 fully saturated rings. The minimum absolute atomic E-state index is 0.202. The predicted molar refractivity (Wildman–Crippen MR) is 106 cm³/mol. The second kappa shape index (κ2) is 13.8. The van der Waals surface area contributed by atoms with E-state index in [0.717, 1.165) is 19.4 Å². The minimum Gasteiger partial charge on any atom is -0.462 e. The Hall–Kier alpha value is -1.35. The number of rotatable bonds is 16. The van der Waals surface area contributed by atoms with E-state index >= 15 is 0 Å². The van der Waals surface area contributed by atoms with E-state index in [4.69, 9.17) is 9.47 Å². The molecule has 1 aliphatic heterocycles. The molecule has 1 aromatic carbocycles. The molecule has 0 spiro atoms. The largest absolute Gasteiger partial charge is 0.462 e. The number of ether oxygens (including phenoxy) is 2.